The molecule has 0 saturated carbocycles. The number of hydrogen-bond acceptors (Lipinski definition) is 4. The van der Waals surface area contributed by atoms with Gasteiger partial charge in [-0.1, -0.05) is 0 Å². The molecule has 0 aromatic heterocycles. The van der Waals surface area contributed by atoms with Crippen LogP contribution in [-0.2, 0) is 10.0 Å². The molecular weight excluding hydrogens is 295 g/mol. The summed E-state index contributed by atoms with van der Waals surface area (Å²) in [6.07, 6.45) is 0. The van der Waals surface area contributed by atoms with Gasteiger partial charge in [0.2, 0.25) is 0 Å². The lowest BCUT2D eigenvalue weighted by Gasteiger charge is -2.12. The van der Waals surface area contributed by atoms with E-state index in [4.69, 9.17) is 10.5 Å². The fourth-order valence-electron chi connectivity index (χ4n) is 1.77. The number of benzene rings is 2. The maximum atomic E-state index is 13.1. The first-order chi connectivity index (χ1) is 9.83. The molecule has 5 nitrogen and oxygen atoms in total. The summed E-state index contributed by atoms with van der Waals surface area (Å²) in [6, 6.07) is 7.94. The largest absolute Gasteiger partial charge is 0.494 e. The Morgan fingerprint density at radius 1 is 1.19 bits per heavy atom. The molecule has 0 spiro atoms. The second kappa shape index (κ2) is 5.61. The third kappa shape index (κ3) is 3.25. The average molecular weight is 310 g/mol. The van der Waals surface area contributed by atoms with E-state index in [9.17, 15) is 12.8 Å². The number of nitrogen functional groups attached to an aromatic ring is 1. The van der Waals surface area contributed by atoms with Crippen LogP contribution < -0.4 is 15.2 Å². The van der Waals surface area contributed by atoms with E-state index in [2.05, 4.69) is 4.72 Å². The van der Waals surface area contributed by atoms with Crippen molar-refractivity contribution in [3.05, 3.63) is 47.8 Å². The molecule has 0 atom stereocenters. The van der Waals surface area contributed by atoms with Crippen LogP contribution in [0.3, 0.4) is 0 Å². The van der Waals surface area contributed by atoms with Crippen molar-refractivity contribution in [3.8, 4) is 5.75 Å². The first-order valence-electron chi connectivity index (χ1n) is 6.06. The average Bonchev–Trinajstić information content (AvgIpc) is 2.43. The number of halogens is 1. The van der Waals surface area contributed by atoms with Gasteiger partial charge in [0.05, 0.1) is 17.7 Å². The summed E-state index contributed by atoms with van der Waals surface area (Å²) in [4.78, 5) is 0.0700. The summed E-state index contributed by atoms with van der Waals surface area (Å²) in [5.74, 6) is -0.413. The Balaban J connectivity index is 2.39. The Morgan fingerprint density at radius 2 is 1.90 bits per heavy atom. The molecule has 2 rings (SSSR count). The van der Waals surface area contributed by atoms with Crippen molar-refractivity contribution in [1.29, 1.82) is 0 Å². The van der Waals surface area contributed by atoms with Gasteiger partial charge in [-0.25, -0.2) is 12.8 Å². The lowest BCUT2D eigenvalue weighted by molar-refractivity contribution is 0.413. The molecule has 0 radical (unpaired) electrons. The highest BCUT2D eigenvalue weighted by molar-refractivity contribution is 7.92. The quantitative estimate of drug-likeness (QED) is 0.850. The highest BCUT2D eigenvalue weighted by Gasteiger charge is 2.17. The van der Waals surface area contributed by atoms with Gasteiger partial charge in [0, 0.05) is 11.8 Å². The zero-order valence-corrected chi connectivity index (χ0v) is 12.4. The maximum absolute atomic E-state index is 13.1. The first kappa shape index (κ1) is 15.1. The second-order valence-electron chi connectivity index (χ2n) is 4.47. The number of rotatable bonds is 4. The SMILES string of the molecule is COc1cc(F)ccc1NS(=O)(=O)c1ccc(N)c(C)c1. The van der Waals surface area contributed by atoms with E-state index in [0.717, 1.165) is 12.1 Å². The first-order valence-corrected chi connectivity index (χ1v) is 7.54. The molecule has 0 aliphatic heterocycles. The van der Waals surface area contributed by atoms with Crippen molar-refractivity contribution in [2.45, 2.75) is 11.8 Å². The Bertz CT molecular complexity index is 776. The van der Waals surface area contributed by atoms with Crippen LogP contribution in [-0.4, -0.2) is 15.5 Å². The lowest BCUT2D eigenvalue weighted by atomic mass is 10.2. The van der Waals surface area contributed by atoms with Gasteiger partial charge < -0.3 is 10.5 Å². The molecule has 0 aliphatic rings. The molecule has 0 unspecified atom stereocenters. The van der Waals surface area contributed by atoms with Gasteiger partial charge in [-0.3, -0.25) is 4.72 Å². The lowest BCUT2D eigenvalue weighted by Crippen LogP contribution is -2.14. The Labute approximate surface area is 122 Å². The van der Waals surface area contributed by atoms with Gasteiger partial charge >= 0.3 is 0 Å². The molecule has 0 fully saturated rings. The third-order valence-electron chi connectivity index (χ3n) is 2.96. The molecule has 0 amide bonds. The number of nitrogens with one attached hydrogen (secondary N) is 1. The minimum absolute atomic E-state index is 0.0700. The molecule has 7 heteroatoms. The summed E-state index contributed by atoms with van der Waals surface area (Å²) >= 11 is 0. The predicted molar refractivity (Wildman–Crippen MR) is 79.4 cm³/mol. The number of anilines is 2. The van der Waals surface area contributed by atoms with Crippen molar-refractivity contribution < 1.29 is 17.5 Å². The molecule has 2 aromatic carbocycles. The highest BCUT2D eigenvalue weighted by atomic mass is 32.2. The number of sulfonamides is 1. The van der Waals surface area contributed by atoms with Crippen LogP contribution in [0.15, 0.2) is 41.3 Å². The van der Waals surface area contributed by atoms with Crippen molar-refractivity contribution in [2.24, 2.45) is 0 Å². The number of aryl methyl sites for hydroxylation is 1. The minimum Gasteiger partial charge on any atom is -0.494 e. The smallest absolute Gasteiger partial charge is 0.262 e. The molecule has 0 aliphatic carbocycles. The Hall–Kier alpha value is -2.28. The van der Waals surface area contributed by atoms with E-state index >= 15 is 0 Å². The topological polar surface area (TPSA) is 81.4 Å². The van der Waals surface area contributed by atoms with Crippen molar-refractivity contribution in [1.82, 2.24) is 0 Å². The second-order valence-corrected chi connectivity index (χ2v) is 6.15. The van der Waals surface area contributed by atoms with Crippen LogP contribution in [0.25, 0.3) is 0 Å². The fourth-order valence-corrected chi connectivity index (χ4v) is 2.92. The molecule has 112 valence electrons. The monoisotopic (exact) mass is 310 g/mol. The van der Waals surface area contributed by atoms with Gasteiger partial charge in [-0.05, 0) is 42.8 Å². The molecule has 0 saturated heterocycles. The summed E-state index contributed by atoms with van der Waals surface area (Å²) in [5.41, 5.74) is 6.99. The van der Waals surface area contributed by atoms with E-state index in [1.807, 2.05) is 0 Å². The van der Waals surface area contributed by atoms with E-state index in [1.165, 1.54) is 31.4 Å². The normalized spacial score (nSPS) is 11.2. The van der Waals surface area contributed by atoms with Crippen molar-refractivity contribution in [3.63, 3.8) is 0 Å². The zero-order valence-electron chi connectivity index (χ0n) is 11.6. The van der Waals surface area contributed by atoms with E-state index in [0.29, 0.717) is 11.3 Å². The van der Waals surface area contributed by atoms with Crippen LogP contribution >= 0.6 is 0 Å². The van der Waals surface area contributed by atoms with Gasteiger partial charge in [0.15, 0.2) is 0 Å². The van der Waals surface area contributed by atoms with E-state index < -0.39 is 15.8 Å². The van der Waals surface area contributed by atoms with Gasteiger partial charge in [-0.15, -0.1) is 0 Å². The summed E-state index contributed by atoms with van der Waals surface area (Å²) in [6.45, 7) is 1.72. The van der Waals surface area contributed by atoms with Gasteiger partial charge in [0.1, 0.15) is 11.6 Å². The van der Waals surface area contributed by atoms with Gasteiger partial charge in [0.25, 0.3) is 10.0 Å². The number of ether oxygens (including phenoxy) is 1. The third-order valence-corrected chi connectivity index (χ3v) is 4.32. The van der Waals surface area contributed by atoms with Crippen LogP contribution in [0.5, 0.6) is 5.75 Å². The fraction of sp³-hybridized carbons (Fsp3) is 0.143. The molecule has 0 bridgehead atoms. The Kier molecular flexibility index (Phi) is 4.04. The molecular formula is C14H15FN2O3S. The summed E-state index contributed by atoms with van der Waals surface area (Å²) in [5, 5.41) is 0. The molecule has 3 N–H and O–H groups in total. The summed E-state index contributed by atoms with van der Waals surface area (Å²) in [7, 11) is -2.47. The highest BCUT2D eigenvalue weighted by Crippen LogP contribution is 2.28. The van der Waals surface area contributed by atoms with Crippen LogP contribution in [0, 0.1) is 12.7 Å². The van der Waals surface area contributed by atoms with Crippen LogP contribution in [0.1, 0.15) is 5.56 Å². The van der Waals surface area contributed by atoms with E-state index in [-0.39, 0.29) is 16.3 Å². The maximum Gasteiger partial charge on any atom is 0.262 e. The minimum atomic E-state index is -3.81. The number of methoxy groups -OCH3 is 1. The van der Waals surface area contributed by atoms with Crippen LogP contribution in [0.4, 0.5) is 15.8 Å². The summed E-state index contributed by atoms with van der Waals surface area (Å²) < 4.78 is 45.1. The molecule has 0 heterocycles. The standard InChI is InChI=1S/C14H15FN2O3S/c1-9-7-11(4-5-12(9)16)21(18,19)17-13-6-3-10(15)8-14(13)20-2/h3-8,17H,16H2,1-2H3. The molecule has 2 aromatic rings. The predicted octanol–water partition coefficient (Wildman–Crippen LogP) is 2.53. The van der Waals surface area contributed by atoms with E-state index in [1.54, 1.807) is 6.92 Å². The van der Waals surface area contributed by atoms with Crippen LogP contribution in [0.2, 0.25) is 0 Å². The molecule has 21 heavy (non-hydrogen) atoms. The number of hydrogen-bond donors (Lipinski definition) is 2. The van der Waals surface area contributed by atoms with Crippen molar-refractivity contribution in [2.75, 3.05) is 17.6 Å². The van der Waals surface area contributed by atoms with Gasteiger partial charge in [-0.2, -0.15) is 0 Å². The zero-order chi connectivity index (χ0) is 15.6. The Morgan fingerprint density at radius 3 is 2.52 bits per heavy atom. The number of nitrogens with two attached hydrogens (primary N) is 1. The van der Waals surface area contributed by atoms with Crippen molar-refractivity contribution >= 4 is 21.4 Å².